The highest BCUT2D eigenvalue weighted by Gasteiger charge is 2.31. The van der Waals surface area contributed by atoms with Crippen molar-refractivity contribution in [3.05, 3.63) is 29.3 Å². The molecule has 1 aromatic carbocycles. The lowest BCUT2D eigenvalue weighted by molar-refractivity contribution is -0.274. The zero-order valence-electron chi connectivity index (χ0n) is 10.3. The summed E-state index contributed by atoms with van der Waals surface area (Å²) in [6, 6.07) is 4.98. The molecule has 1 aromatic heterocycles. The van der Waals surface area contributed by atoms with Gasteiger partial charge in [0.05, 0.1) is 6.42 Å². The Bertz CT molecular complexity index is 644. The van der Waals surface area contributed by atoms with Crippen molar-refractivity contribution in [1.29, 1.82) is 0 Å². The molecule has 0 fully saturated rings. The van der Waals surface area contributed by atoms with Crippen LogP contribution in [0.3, 0.4) is 0 Å². The number of carbonyl (C=O) groups excluding carboxylic acids is 1. The Balaban J connectivity index is 1.99. The van der Waals surface area contributed by atoms with Gasteiger partial charge in [0.1, 0.15) is 10.8 Å². The molecule has 0 aliphatic carbocycles. The molecular weight excluding hydrogens is 309 g/mol. The molecule has 2 aromatic rings. The Morgan fingerprint density at radius 3 is 2.76 bits per heavy atom. The van der Waals surface area contributed by atoms with Gasteiger partial charge in [-0.2, -0.15) is 0 Å². The van der Waals surface area contributed by atoms with Crippen molar-refractivity contribution in [2.75, 3.05) is 11.1 Å². The lowest BCUT2D eigenvalue weighted by atomic mass is 10.3. The summed E-state index contributed by atoms with van der Waals surface area (Å²) >= 11 is 1.06. The number of hydrogen-bond acceptors (Lipinski definition) is 6. The molecule has 21 heavy (non-hydrogen) atoms. The van der Waals surface area contributed by atoms with Crippen molar-refractivity contribution in [1.82, 2.24) is 10.2 Å². The van der Waals surface area contributed by atoms with Gasteiger partial charge in [-0.1, -0.05) is 17.4 Å². The Morgan fingerprint density at radius 2 is 2.14 bits per heavy atom. The summed E-state index contributed by atoms with van der Waals surface area (Å²) in [6.45, 7) is 0. The second-order valence-corrected chi connectivity index (χ2v) is 4.93. The van der Waals surface area contributed by atoms with E-state index in [4.69, 9.17) is 5.73 Å². The summed E-state index contributed by atoms with van der Waals surface area (Å²) in [5, 5.41) is 10.3. The number of anilines is 2. The molecule has 112 valence electrons. The van der Waals surface area contributed by atoms with Gasteiger partial charge in [0.15, 0.2) is 0 Å². The van der Waals surface area contributed by atoms with Crippen molar-refractivity contribution in [2.24, 2.45) is 0 Å². The molecule has 0 unspecified atom stereocenters. The Kier molecular flexibility index (Phi) is 4.26. The number of benzene rings is 1. The van der Waals surface area contributed by atoms with Gasteiger partial charge in [-0.3, -0.25) is 4.79 Å². The van der Waals surface area contributed by atoms with Crippen molar-refractivity contribution in [2.45, 2.75) is 12.8 Å². The van der Waals surface area contributed by atoms with Gasteiger partial charge < -0.3 is 15.8 Å². The van der Waals surface area contributed by atoms with Crippen LogP contribution in [0.15, 0.2) is 24.3 Å². The molecule has 1 heterocycles. The lowest BCUT2D eigenvalue weighted by Gasteiger charge is -2.10. The second-order valence-electron chi connectivity index (χ2n) is 3.83. The van der Waals surface area contributed by atoms with Crippen LogP contribution in [-0.4, -0.2) is 22.5 Å². The third-order valence-corrected chi connectivity index (χ3v) is 2.90. The van der Waals surface area contributed by atoms with Crippen LogP contribution in [0.2, 0.25) is 0 Å². The summed E-state index contributed by atoms with van der Waals surface area (Å²) in [5.74, 6) is -0.865. The minimum Gasteiger partial charge on any atom is -0.406 e. The van der Waals surface area contributed by atoms with Crippen LogP contribution >= 0.6 is 11.3 Å². The zero-order chi connectivity index (χ0) is 15.5. The van der Waals surface area contributed by atoms with Crippen LogP contribution in [0.5, 0.6) is 5.75 Å². The third-order valence-electron chi connectivity index (χ3n) is 2.15. The van der Waals surface area contributed by atoms with Crippen LogP contribution in [0.4, 0.5) is 24.0 Å². The largest absolute Gasteiger partial charge is 0.573 e. The number of amides is 1. The smallest absolute Gasteiger partial charge is 0.406 e. The van der Waals surface area contributed by atoms with Gasteiger partial charge >= 0.3 is 6.36 Å². The molecule has 0 aliphatic rings. The molecule has 0 spiro atoms. The number of nitrogens with one attached hydrogen (secondary N) is 1. The van der Waals surface area contributed by atoms with E-state index in [0.717, 1.165) is 23.5 Å². The number of rotatable bonds is 4. The number of ether oxygens (including phenoxy) is 1. The molecule has 0 aliphatic heterocycles. The average molecular weight is 318 g/mol. The van der Waals surface area contributed by atoms with Gasteiger partial charge in [0.25, 0.3) is 0 Å². The van der Waals surface area contributed by atoms with E-state index in [0.29, 0.717) is 5.01 Å². The number of carbonyl (C=O) groups is 1. The third kappa shape index (κ3) is 4.91. The van der Waals surface area contributed by atoms with Gasteiger partial charge in [-0.15, -0.1) is 23.4 Å². The monoisotopic (exact) mass is 318 g/mol. The zero-order valence-corrected chi connectivity index (χ0v) is 11.2. The van der Waals surface area contributed by atoms with E-state index in [1.807, 2.05) is 0 Å². The second kappa shape index (κ2) is 5.95. The maximum atomic E-state index is 12.1. The number of hydrogen-bond donors (Lipinski definition) is 2. The predicted molar refractivity (Wildman–Crippen MR) is 69.8 cm³/mol. The summed E-state index contributed by atoms with van der Waals surface area (Å²) in [6.07, 6.45) is -4.86. The maximum Gasteiger partial charge on any atom is 0.573 e. The van der Waals surface area contributed by atoms with Gasteiger partial charge in [-0.05, 0) is 12.1 Å². The fourth-order valence-corrected chi connectivity index (χ4v) is 2.06. The Labute approximate surface area is 120 Å². The Morgan fingerprint density at radius 1 is 1.38 bits per heavy atom. The minimum absolute atomic E-state index is 0.0702. The van der Waals surface area contributed by atoms with E-state index in [2.05, 4.69) is 20.3 Å². The van der Waals surface area contributed by atoms with E-state index >= 15 is 0 Å². The van der Waals surface area contributed by atoms with Crippen LogP contribution < -0.4 is 15.8 Å². The summed E-state index contributed by atoms with van der Waals surface area (Å²) in [7, 11) is 0. The topological polar surface area (TPSA) is 90.1 Å². The molecule has 10 heteroatoms. The van der Waals surface area contributed by atoms with Crippen LogP contribution in [0.25, 0.3) is 0 Å². The molecule has 0 atom stereocenters. The summed E-state index contributed by atoms with van der Waals surface area (Å²) < 4.78 is 40.0. The summed E-state index contributed by atoms with van der Waals surface area (Å²) in [5.41, 5.74) is 5.56. The van der Waals surface area contributed by atoms with Crippen LogP contribution in [0, 0.1) is 0 Å². The molecular formula is C11H9F3N4O2S. The quantitative estimate of drug-likeness (QED) is 0.902. The highest BCUT2D eigenvalue weighted by atomic mass is 32.1. The predicted octanol–water partition coefficient (Wildman–Crippen LogP) is 2.20. The molecule has 0 bridgehead atoms. The van der Waals surface area contributed by atoms with Crippen molar-refractivity contribution in [3.8, 4) is 5.75 Å². The molecule has 0 saturated carbocycles. The average Bonchev–Trinajstić information content (AvgIpc) is 2.72. The summed E-state index contributed by atoms with van der Waals surface area (Å²) in [4.78, 5) is 11.7. The first-order chi connectivity index (χ1) is 9.82. The minimum atomic E-state index is -4.79. The van der Waals surface area contributed by atoms with Crippen molar-refractivity contribution < 1.29 is 22.7 Å². The number of nitrogen functional groups attached to an aromatic ring is 1. The van der Waals surface area contributed by atoms with E-state index < -0.39 is 18.0 Å². The molecule has 3 N–H and O–H groups in total. The normalized spacial score (nSPS) is 11.2. The fraction of sp³-hybridized carbons (Fsp3) is 0.182. The van der Waals surface area contributed by atoms with Crippen LogP contribution in [-0.2, 0) is 11.2 Å². The van der Waals surface area contributed by atoms with Crippen molar-refractivity contribution in [3.63, 3.8) is 0 Å². The number of alkyl halides is 3. The SMILES string of the molecule is Nc1nnc(CC(=O)Nc2cccc(OC(F)(F)F)c2)s1. The number of halogens is 3. The molecule has 2 rings (SSSR count). The van der Waals surface area contributed by atoms with E-state index in [1.165, 1.54) is 12.1 Å². The standard InChI is InChI=1S/C11H9F3N4O2S/c12-11(13,14)20-7-3-1-2-6(4-7)16-8(19)5-9-17-18-10(15)21-9/h1-4H,5H2,(H2,15,18)(H,16,19). The highest BCUT2D eigenvalue weighted by Crippen LogP contribution is 2.25. The highest BCUT2D eigenvalue weighted by molar-refractivity contribution is 7.15. The number of nitrogens with two attached hydrogens (primary N) is 1. The Hall–Kier alpha value is -2.36. The first kappa shape index (κ1) is 15.0. The van der Waals surface area contributed by atoms with Gasteiger partial charge in [-0.25, -0.2) is 0 Å². The molecule has 1 amide bonds. The fourth-order valence-electron chi connectivity index (χ4n) is 1.45. The van der Waals surface area contributed by atoms with Gasteiger partial charge in [0.2, 0.25) is 11.0 Å². The van der Waals surface area contributed by atoms with Crippen molar-refractivity contribution >= 4 is 28.1 Å². The van der Waals surface area contributed by atoms with E-state index in [-0.39, 0.29) is 17.2 Å². The molecule has 6 nitrogen and oxygen atoms in total. The van der Waals surface area contributed by atoms with E-state index in [9.17, 15) is 18.0 Å². The van der Waals surface area contributed by atoms with E-state index in [1.54, 1.807) is 0 Å². The first-order valence-corrected chi connectivity index (χ1v) is 6.37. The maximum absolute atomic E-state index is 12.1. The molecule has 0 radical (unpaired) electrons. The first-order valence-electron chi connectivity index (χ1n) is 5.55. The number of nitrogens with zero attached hydrogens (tertiary/aromatic N) is 2. The lowest BCUT2D eigenvalue weighted by Crippen LogP contribution is -2.18. The molecule has 0 saturated heterocycles. The van der Waals surface area contributed by atoms with Crippen LogP contribution in [0.1, 0.15) is 5.01 Å². The number of aromatic nitrogens is 2. The van der Waals surface area contributed by atoms with Gasteiger partial charge in [0, 0.05) is 11.8 Å².